The highest BCUT2D eigenvalue weighted by Crippen LogP contribution is 2.30. The van der Waals surface area contributed by atoms with Crippen molar-refractivity contribution in [3.63, 3.8) is 0 Å². The lowest BCUT2D eigenvalue weighted by Gasteiger charge is -2.35. The molecule has 0 aromatic heterocycles. The number of hydrogen-bond acceptors (Lipinski definition) is 3. The SMILES string of the molecule is CCN1CCN(C(=O)C(C)Sc2ccc3c(c2)CCC3)CC1. The summed E-state index contributed by atoms with van der Waals surface area (Å²) in [6, 6.07) is 6.74. The van der Waals surface area contributed by atoms with Crippen LogP contribution in [0.5, 0.6) is 0 Å². The molecule has 3 nitrogen and oxygen atoms in total. The predicted molar refractivity (Wildman–Crippen MR) is 92.5 cm³/mol. The van der Waals surface area contributed by atoms with Gasteiger partial charge < -0.3 is 9.80 Å². The molecule has 0 spiro atoms. The first-order valence-electron chi connectivity index (χ1n) is 8.47. The molecule has 1 aromatic rings. The van der Waals surface area contributed by atoms with Crippen molar-refractivity contribution in [1.82, 2.24) is 9.80 Å². The molecule has 1 saturated heterocycles. The van der Waals surface area contributed by atoms with Crippen LogP contribution in [0, 0.1) is 0 Å². The number of carbonyl (C=O) groups excluding carboxylic acids is 1. The van der Waals surface area contributed by atoms with Crippen LogP contribution in [-0.2, 0) is 17.6 Å². The standard InChI is InChI=1S/C18H26N2OS/c1-3-19-9-11-20(12-10-19)18(21)14(2)22-17-8-7-15-5-4-6-16(15)13-17/h7-8,13-14H,3-6,9-12H2,1-2H3. The van der Waals surface area contributed by atoms with E-state index in [0.717, 1.165) is 32.7 Å². The number of likely N-dealkylation sites (N-methyl/N-ethyl adjacent to an activating group) is 1. The summed E-state index contributed by atoms with van der Waals surface area (Å²) in [4.78, 5) is 18.3. The zero-order valence-corrected chi connectivity index (χ0v) is 14.5. The number of piperazine rings is 1. The van der Waals surface area contributed by atoms with E-state index < -0.39 is 0 Å². The second-order valence-electron chi connectivity index (χ2n) is 6.30. The molecule has 1 unspecified atom stereocenters. The minimum atomic E-state index is 0.00706. The lowest BCUT2D eigenvalue weighted by molar-refractivity contribution is -0.132. The van der Waals surface area contributed by atoms with Gasteiger partial charge in [-0.3, -0.25) is 4.79 Å². The van der Waals surface area contributed by atoms with Crippen LogP contribution in [0.2, 0.25) is 0 Å². The largest absolute Gasteiger partial charge is 0.339 e. The van der Waals surface area contributed by atoms with Gasteiger partial charge in [0.25, 0.3) is 0 Å². The maximum Gasteiger partial charge on any atom is 0.235 e. The van der Waals surface area contributed by atoms with E-state index in [2.05, 4.69) is 30.0 Å². The van der Waals surface area contributed by atoms with E-state index in [-0.39, 0.29) is 5.25 Å². The number of benzene rings is 1. The molecule has 22 heavy (non-hydrogen) atoms. The Morgan fingerprint density at radius 1 is 1.18 bits per heavy atom. The highest BCUT2D eigenvalue weighted by atomic mass is 32.2. The Labute approximate surface area is 138 Å². The minimum absolute atomic E-state index is 0.00706. The van der Waals surface area contributed by atoms with Crippen molar-refractivity contribution >= 4 is 17.7 Å². The van der Waals surface area contributed by atoms with Crippen LogP contribution in [0.1, 0.15) is 31.4 Å². The Bertz CT molecular complexity index is 538. The van der Waals surface area contributed by atoms with Gasteiger partial charge in [0.15, 0.2) is 0 Å². The topological polar surface area (TPSA) is 23.6 Å². The van der Waals surface area contributed by atoms with Crippen LogP contribution in [0.4, 0.5) is 0 Å². The molecular formula is C18H26N2OS. The Kier molecular flexibility index (Phi) is 5.09. The molecule has 2 aliphatic rings. The lowest BCUT2D eigenvalue weighted by atomic mass is 10.1. The summed E-state index contributed by atoms with van der Waals surface area (Å²) < 4.78 is 0. The summed E-state index contributed by atoms with van der Waals surface area (Å²) in [7, 11) is 0. The Morgan fingerprint density at radius 2 is 1.91 bits per heavy atom. The normalized spacial score (nSPS) is 20.0. The molecule has 4 heteroatoms. The summed E-state index contributed by atoms with van der Waals surface area (Å²) in [5, 5.41) is 0.00706. The highest BCUT2D eigenvalue weighted by Gasteiger charge is 2.25. The summed E-state index contributed by atoms with van der Waals surface area (Å²) in [5.41, 5.74) is 2.99. The first kappa shape index (κ1) is 15.9. The number of aryl methyl sites for hydroxylation is 2. The second-order valence-corrected chi connectivity index (χ2v) is 7.72. The third-order valence-electron chi connectivity index (χ3n) is 4.86. The molecule has 0 saturated carbocycles. The third kappa shape index (κ3) is 3.49. The van der Waals surface area contributed by atoms with E-state index in [4.69, 9.17) is 0 Å². The molecule has 0 bridgehead atoms. The molecule has 0 radical (unpaired) electrons. The molecule has 1 amide bonds. The van der Waals surface area contributed by atoms with Crippen molar-refractivity contribution in [2.45, 2.75) is 43.3 Å². The van der Waals surface area contributed by atoms with Crippen molar-refractivity contribution in [2.24, 2.45) is 0 Å². The number of rotatable bonds is 4. The molecular weight excluding hydrogens is 292 g/mol. The van der Waals surface area contributed by atoms with Gasteiger partial charge in [-0.2, -0.15) is 0 Å². The number of carbonyl (C=O) groups is 1. The van der Waals surface area contributed by atoms with Crippen molar-refractivity contribution in [1.29, 1.82) is 0 Å². The summed E-state index contributed by atoms with van der Waals surface area (Å²) in [5.74, 6) is 0.293. The Balaban J connectivity index is 1.57. The molecule has 3 rings (SSSR count). The summed E-state index contributed by atoms with van der Waals surface area (Å²) >= 11 is 1.71. The maximum atomic E-state index is 12.6. The third-order valence-corrected chi connectivity index (χ3v) is 5.94. The maximum absolute atomic E-state index is 12.6. The first-order valence-corrected chi connectivity index (χ1v) is 9.35. The van der Waals surface area contributed by atoms with Gasteiger partial charge in [-0.1, -0.05) is 13.0 Å². The average molecular weight is 318 g/mol. The molecule has 1 atom stereocenters. The summed E-state index contributed by atoms with van der Waals surface area (Å²) in [6.45, 7) is 9.10. The number of hydrogen-bond donors (Lipinski definition) is 0. The average Bonchev–Trinajstić information content (AvgIpc) is 3.02. The van der Waals surface area contributed by atoms with Crippen molar-refractivity contribution in [2.75, 3.05) is 32.7 Å². The van der Waals surface area contributed by atoms with E-state index in [1.165, 1.54) is 35.3 Å². The predicted octanol–water partition coefficient (Wildman–Crippen LogP) is 2.82. The van der Waals surface area contributed by atoms with Crippen molar-refractivity contribution in [3.05, 3.63) is 29.3 Å². The number of fused-ring (bicyclic) bond motifs is 1. The van der Waals surface area contributed by atoms with E-state index >= 15 is 0 Å². The fourth-order valence-electron chi connectivity index (χ4n) is 3.42. The lowest BCUT2D eigenvalue weighted by Crippen LogP contribution is -2.50. The summed E-state index contributed by atoms with van der Waals surface area (Å²) in [6.07, 6.45) is 3.70. The van der Waals surface area contributed by atoms with Gasteiger partial charge in [0.2, 0.25) is 5.91 Å². The zero-order chi connectivity index (χ0) is 15.5. The Morgan fingerprint density at radius 3 is 2.64 bits per heavy atom. The van der Waals surface area contributed by atoms with E-state index in [1.807, 2.05) is 11.8 Å². The monoisotopic (exact) mass is 318 g/mol. The quantitative estimate of drug-likeness (QED) is 0.798. The van der Waals surface area contributed by atoms with Gasteiger partial charge in [0.05, 0.1) is 5.25 Å². The smallest absolute Gasteiger partial charge is 0.235 e. The van der Waals surface area contributed by atoms with Gasteiger partial charge >= 0.3 is 0 Å². The molecule has 1 aliphatic heterocycles. The van der Waals surface area contributed by atoms with Crippen LogP contribution in [0.25, 0.3) is 0 Å². The van der Waals surface area contributed by atoms with Gasteiger partial charge in [0.1, 0.15) is 0 Å². The molecule has 120 valence electrons. The fourth-order valence-corrected chi connectivity index (χ4v) is 4.43. The molecule has 1 aliphatic carbocycles. The zero-order valence-electron chi connectivity index (χ0n) is 13.7. The number of amides is 1. The van der Waals surface area contributed by atoms with E-state index in [9.17, 15) is 4.79 Å². The Hall–Kier alpha value is -1.00. The molecule has 0 N–H and O–H groups in total. The highest BCUT2D eigenvalue weighted by molar-refractivity contribution is 8.00. The van der Waals surface area contributed by atoms with Crippen LogP contribution in [-0.4, -0.2) is 53.7 Å². The molecule has 1 aromatic carbocycles. The first-order chi connectivity index (χ1) is 10.7. The van der Waals surface area contributed by atoms with Gasteiger partial charge in [-0.25, -0.2) is 0 Å². The van der Waals surface area contributed by atoms with Crippen LogP contribution >= 0.6 is 11.8 Å². The van der Waals surface area contributed by atoms with E-state index in [0.29, 0.717) is 5.91 Å². The van der Waals surface area contributed by atoms with Crippen LogP contribution in [0.15, 0.2) is 23.1 Å². The van der Waals surface area contributed by atoms with Crippen molar-refractivity contribution < 1.29 is 4.79 Å². The van der Waals surface area contributed by atoms with Crippen LogP contribution < -0.4 is 0 Å². The van der Waals surface area contributed by atoms with Crippen molar-refractivity contribution in [3.8, 4) is 0 Å². The minimum Gasteiger partial charge on any atom is -0.339 e. The van der Waals surface area contributed by atoms with Gasteiger partial charge in [0, 0.05) is 31.1 Å². The second kappa shape index (κ2) is 7.05. The molecule has 1 fully saturated rings. The molecule has 1 heterocycles. The van der Waals surface area contributed by atoms with Crippen LogP contribution in [0.3, 0.4) is 0 Å². The number of nitrogens with zero attached hydrogens (tertiary/aromatic N) is 2. The fraction of sp³-hybridized carbons (Fsp3) is 0.611. The van der Waals surface area contributed by atoms with Gasteiger partial charge in [-0.15, -0.1) is 11.8 Å². The van der Waals surface area contributed by atoms with E-state index in [1.54, 1.807) is 11.8 Å². The number of thioether (sulfide) groups is 1. The van der Waals surface area contributed by atoms with Gasteiger partial charge in [-0.05, 0) is 56.0 Å².